The van der Waals surface area contributed by atoms with Gasteiger partial charge in [0.25, 0.3) is 0 Å². The van der Waals surface area contributed by atoms with E-state index >= 15 is 0 Å². The molecule has 0 atom stereocenters. The number of carbonyl (C=O) groups is 1. The summed E-state index contributed by atoms with van der Waals surface area (Å²) in [7, 11) is 3.37. The Morgan fingerprint density at radius 1 is 1.39 bits per heavy atom. The van der Waals surface area contributed by atoms with Crippen LogP contribution in [0.4, 0.5) is 0 Å². The topological polar surface area (TPSA) is 66.2 Å². The molecule has 0 spiro atoms. The van der Waals surface area contributed by atoms with Crippen molar-refractivity contribution in [1.82, 2.24) is 14.8 Å². The number of hydrogen-bond donors (Lipinski definition) is 0. The van der Waals surface area contributed by atoms with E-state index in [1.54, 1.807) is 29.1 Å². The summed E-state index contributed by atoms with van der Waals surface area (Å²) in [5.41, 5.74) is 0.540. The Hall–Kier alpha value is -2.37. The van der Waals surface area contributed by atoms with Crippen molar-refractivity contribution >= 4 is 6.29 Å². The van der Waals surface area contributed by atoms with Gasteiger partial charge in [0, 0.05) is 12.6 Å². The molecule has 6 heteroatoms. The minimum atomic E-state index is 0.285. The number of aryl methyl sites for hydroxylation is 1. The minimum Gasteiger partial charge on any atom is -0.493 e. The molecule has 18 heavy (non-hydrogen) atoms. The molecule has 0 aliphatic rings. The van der Waals surface area contributed by atoms with Gasteiger partial charge >= 0.3 is 0 Å². The van der Waals surface area contributed by atoms with E-state index in [0.29, 0.717) is 22.9 Å². The van der Waals surface area contributed by atoms with Crippen LogP contribution in [0.2, 0.25) is 0 Å². The van der Waals surface area contributed by atoms with Crippen molar-refractivity contribution in [3.8, 4) is 11.5 Å². The first-order chi connectivity index (χ1) is 8.74. The van der Waals surface area contributed by atoms with Crippen LogP contribution < -0.4 is 9.47 Å². The molecule has 0 bridgehead atoms. The molecule has 0 radical (unpaired) electrons. The molecule has 0 N–H and O–H groups in total. The number of benzene rings is 1. The number of rotatable bonds is 5. The third kappa shape index (κ3) is 2.48. The Labute approximate surface area is 104 Å². The number of methoxy groups -OCH3 is 1. The molecule has 1 aromatic carbocycles. The lowest BCUT2D eigenvalue weighted by Gasteiger charge is -2.10. The van der Waals surface area contributed by atoms with Crippen molar-refractivity contribution in [2.24, 2.45) is 7.05 Å². The zero-order valence-electron chi connectivity index (χ0n) is 10.2. The van der Waals surface area contributed by atoms with Gasteiger partial charge in [-0.2, -0.15) is 0 Å². The van der Waals surface area contributed by atoms with Crippen molar-refractivity contribution < 1.29 is 14.3 Å². The van der Waals surface area contributed by atoms with Crippen molar-refractivity contribution in [2.45, 2.75) is 6.61 Å². The van der Waals surface area contributed by atoms with Crippen molar-refractivity contribution in [3.05, 3.63) is 35.9 Å². The van der Waals surface area contributed by atoms with Crippen LogP contribution in [0.15, 0.2) is 24.5 Å². The summed E-state index contributed by atoms with van der Waals surface area (Å²) in [6, 6.07) is 4.99. The summed E-state index contributed by atoms with van der Waals surface area (Å²) in [6.07, 6.45) is 2.36. The number of carbonyl (C=O) groups excluding carboxylic acids is 1. The van der Waals surface area contributed by atoms with Crippen LogP contribution in [0.3, 0.4) is 0 Å². The van der Waals surface area contributed by atoms with E-state index in [1.807, 2.05) is 7.05 Å². The molecular weight excluding hydrogens is 234 g/mol. The molecule has 1 heterocycles. The Morgan fingerprint density at radius 3 is 2.83 bits per heavy atom. The van der Waals surface area contributed by atoms with Crippen molar-refractivity contribution in [2.75, 3.05) is 7.11 Å². The summed E-state index contributed by atoms with van der Waals surface area (Å²) < 4.78 is 12.5. The fraction of sp³-hybridized carbons (Fsp3) is 0.250. The van der Waals surface area contributed by atoms with E-state index in [2.05, 4.69) is 10.2 Å². The number of nitrogens with zero attached hydrogens (tertiary/aromatic N) is 3. The van der Waals surface area contributed by atoms with Gasteiger partial charge in [-0.3, -0.25) is 4.79 Å². The Kier molecular flexibility index (Phi) is 3.57. The van der Waals surface area contributed by atoms with Crippen LogP contribution in [-0.4, -0.2) is 28.2 Å². The van der Waals surface area contributed by atoms with E-state index in [1.165, 1.54) is 7.11 Å². The quantitative estimate of drug-likeness (QED) is 0.743. The molecule has 0 saturated heterocycles. The molecule has 6 nitrogen and oxygen atoms in total. The van der Waals surface area contributed by atoms with Crippen LogP contribution in [0, 0.1) is 0 Å². The van der Waals surface area contributed by atoms with Crippen LogP contribution in [0.25, 0.3) is 0 Å². The monoisotopic (exact) mass is 247 g/mol. The molecule has 2 rings (SSSR count). The highest BCUT2D eigenvalue weighted by molar-refractivity contribution is 5.76. The van der Waals surface area contributed by atoms with Gasteiger partial charge in [-0.1, -0.05) is 0 Å². The molecule has 94 valence electrons. The van der Waals surface area contributed by atoms with E-state index < -0.39 is 0 Å². The van der Waals surface area contributed by atoms with Gasteiger partial charge in [0.05, 0.1) is 7.11 Å². The average Bonchev–Trinajstić information content (AvgIpc) is 2.81. The van der Waals surface area contributed by atoms with Crippen LogP contribution in [0.5, 0.6) is 11.5 Å². The standard InChI is InChI=1S/C12H13N3O3/c1-15-8-13-14-12(15)7-18-10-4-3-9(6-16)5-11(10)17-2/h3-6,8H,7H2,1-2H3. The van der Waals surface area contributed by atoms with E-state index in [4.69, 9.17) is 9.47 Å². The fourth-order valence-electron chi connectivity index (χ4n) is 1.46. The first-order valence-electron chi connectivity index (χ1n) is 5.33. The Bertz CT molecular complexity index is 551. The highest BCUT2D eigenvalue weighted by Gasteiger charge is 2.07. The largest absolute Gasteiger partial charge is 0.493 e. The molecule has 0 aliphatic carbocycles. The maximum atomic E-state index is 10.7. The Balaban J connectivity index is 2.14. The first-order valence-corrected chi connectivity index (χ1v) is 5.33. The number of aldehydes is 1. The third-order valence-corrected chi connectivity index (χ3v) is 2.49. The molecular formula is C12H13N3O3. The second-order valence-electron chi connectivity index (χ2n) is 3.67. The average molecular weight is 247 g/mol. The van der Waals surface area contributed by atoms with Crippen LogP contribution in [-0.2, 0) is 13.7 Å². The predicted octanol–water partition coefficient (Wildman–Crippen LogP) is 1.22. The lowest BCUT2D eigenvalue weighted by molar-refractivity contribution is 0.112. The second-order valence-corrected chi connectivity index (χ2v) is 3.67. The number of aromatic nitrogens is 3. The lowest BCUT2D eigenvalue weighted by atomic mass is 10.2. The van der Waals surface area contributed by atoms with Crippen molar-refractivity contribution in [1.29, 1.82) is 0 Å². The summed E-state index contributed by atoms with van der Waals surface area (Å²) in [5.74, 6) is 1.78. The molecule has 0 saturated carbocycles. The van der Waals surface area contributed by atoms with Crippen molar-refractivity contribution in [3.63, 3.8) is 0 Å². The fourth-order valence-corrected chi connectivity index (χ4v) is 1.46. The number of hydrogen-bond acceptors (Lipinski definition) is 5. The highest BCUT2D eigenvalue weighted by Crippen LogP contribution is 2.28. The molecule has 2 aromatic rings. The summed E-state index contributed by atoms with van der Waals surface area (Å²) >= 11 is 0. The van der Waals surface area contributed by atoms with Gasteiger partial charge in [0.15, 0.2) is 17.3 Å². The van der Waals surface area contributed by atoms with Crippen LogP contribution >= 0.6 is 0 Å². The van der Waals surface area contributed by atoms with Gasteiger partial charge in [0.1, 0.15) is 19.2 Å². The SMILES string of the molecule is COc1cc(C=O)ccc1OCc1nncn1C. The predicted molar refractivity (Wildman–Crippen MR) is 63.7 cm³/mol. The minimum absolute atomic E-state index is 0.285. The summed E-state index contributed by atoms with van der Waals surface area (Å²) in [4.78, 5) is 10.7. The van der Waals surface area contributed by atoms with Gasteiger partial charge in [-0.05, 0) is 18.2 Å². The van der Waals surface area contributed by atoms with Gasteiger partial charge in [0.2, 0.25) is 0 Å². The maximum Gasteiger partial charge on any atom is 0.170 e. The number of ether oxygens (including phenoxy) is 2. The smallest absolute Gasteiger partial charge is 0.170 e. The van der Waals surface area contributed by atoms with Crippen LogP contribution in [0.1, 0.15) is 16.2 Å². The van der Waals surface area contributed by atoms with Gasteiger partial charge < -0.3 is 14.0 Å². The van der Waals surface area contributed by atoms with E-state index in [0.717, 1.165) is 6.29 Å². The van der Waals surface area contributed by atoms with E-state index in [9.17, 15) is 4.79 Å². The van der Waals surface area contributed by atoms with Gasteiger partial charge in [-0.15, -0.1) is 10.2 Å². The normalized spacial score (nSPS) is 10.1. The molecule has 0 unspecified atom stereocenters. The third-order valence-electron chi connectivity index (χ3n) is 2.49. The second kappa shape index (κ2) is 5.31. The Morgan fingerprint density at radius 2 is 2.22 bits per heavy atom. The summed E-state index contributed by atoms with van der Waals surface area (Å²) in [5, 5.41) is 7.67. The maximum absolute atomic E-state index is 10.7. The summed E-state index contributed by atoms with van der Waals surface area (Å²) in [6.45, 7) is 0.285. The molecule has 0 aliphatic heterocycles. The first kappa shape index (κ1) is 12.1. The molecule has 1 aromatic heterocycles. The lowest BCUT2D eigenvalue weighted by Crippen LogP contribution is -2.04. The molecule has 0 fully saturated rings. The zero-order valence-corrected chi connectivity index (χ0v) is 10.2. The van der Waals surface area contributed by atoms with E-state index in [-0.39, 0.29) is 6.61 Å². The van der Waals surface area contributed by atoms with Gasteiger partial charge in [-0.25, -0.2) is 0 Å². The zero-order chi connectivity index (χ0) is 13.0. The molecule has 0 amide bonds. The highest BCUT2D eigenvalue weighted by atomic mass is 16.5.